The molecule has 0 saturated heterocycles. The van der Waals surface area contributed by atoms with E-state index in [9.17, 15) is 9.59 Å². The van der Waals surface area contributed by atoms with Gasteiger partial charge in [-0.2, -0.15) is 0 Å². The number of nitrogens with one attached hydrogen (secondary N) is 1. The highest BCUT2D eigenvalue weighted by atomic mass is 16.2. The van der Waals surface area contributed by atoms with Crippen LogP contribution in [0.2, 0.25) is 0 Å². The van der Waals surface area contributed by atoms with Gasteiger partial charge >= 0.3 is 0 Å². The highest BCUT2D eigenvalue weighted by Crippen LogP contribution is 2.10. The molecule has 2 aromatic carbocycles. The fourth-order valence-corrected chi connectivity index (χ4v) is 3.07. The summed E-state index contributed by atoms with van der Waals surface area (Å²) in [6.07, 6.45) is 4.74. The zero-order chi connectivity index (χ0) is 20.5. The molecule has 5 heteroatoms. The van der Waals surface area contributed by atoms with E-state index in [1.807, 2.05) is 48.5 Å². The molecular formula is C24H25N3O2. The van der Waals surface area contributed by atoms with Crippen LogP contribution in [0.15, 0.2) is 79.1 Å². The zero-order valence-corrected chi connectivity index (χ0v) is 16.5. The van der Waals surface area contributed by atoms with Crippen LogP contribution in [0.1, 0.15) is 38.3 Å². The molecule has 0 spiro atoms. The lowest BCUT2D eigenvalue weighted by atomic mass is 10.1. The first-order chi connectivity index (χ1) is 14.1. The Morgan fingerprint density at radius 2 is 1.52 bits per heavy atom. The van der Waals surface area contributed by atoms with E-state index in [2.05, 4.69) is 22.4 Å². The maximum absolute atomic E-state index is 12.7. The predicted octanol–water partition coefficient (Wildman–Crippen LogP) is 3.72. The van der Waals surface area contributed by atoms with E-state index in [0.717, 1.165) is 18.4 Å². The van der Waals surface area contributed by atoms with Crippen molar-refractivity contribution in [2.75, 3.05) is 13.6 Å². The van der Waals surface area contributed by atoms with Crippen LogP contribution in [0.3, 0.4) is 0 Å². The number of amides is 2. The van der Waals surface area contributed by atoms with E-state index >= 15 is 0 Å². The van der Waals surface area contributed by atoms with Gasteiger partial charge in [-0.05, 0) is 30.0 Å². The first-order valence-electron chi connectivity index (χ1n) is 9.70. The number of pyridine rings is 1. The lowest BCUT2D eigenvalue weighted by Crippen LogP contribution is -2.28. The number of hydrogen-bond donors (Lipinski definition) is 1. The summed E-state index contributed by atoms with van der Waals surface area (Å²) in [5.41, 5.74) is 3.09. The van der Waals surface area contributed by atoms with Crippen LogP contribution in [0.25, 0.3) is 0 Å². The summed E-state index contributed by atoms with van der Waals surface area (Å²) in [6.45, 7) is 1.06. The molecule has 5 nitrogen and oxygen atoms in total. The van der Waals surface area contributed by atoms with Gasteiger partial charge in [0.15, 0.2) is 0 Å². The summed E-state index contributed by atoms with van der Waals surface area (Å²) in [5.74, 6) is -0.383. The smallest absolute Gasteiger partial charge is 0.255 e. The maximum atomic E-state index is 12.7. The third-order valence-electron chi connectivity index (χ3n) is 4.63. The van der Waals surface area contributed by atoms with Crippen molar-refractivity contribution in [3.63, 3.8) is 0 Å². The normalized spacial score (nSPS) is 10.4. The minimum absolute atomic E-state index is 0.167. The molecule has 0 atom stereocenters. The maximum Gasteiger partial charge on any atom is 0.255 e. The van der Waals surface area contributed by atoms with Crippen molar-refractivity contribution in [2.45, 2.75) is 19.4 Å². The van der Waals surface area contributed by atoms with E-state index in [-0.39, 0.29) is 11.8 Å². The fraction of sp³-hybridized carbons (Fsp3) is 0.208. The molecule has 148 valence electrons. The fourth-order valence-electron chi connectivity index (χ4n) is 3.07. The van der Waals surface area contributed by atoms with E-state index in [1.54, 1.807) is 18.0 Å². The van der Waals surface area contributed by atoms with Crippen LogP contribution >= 0.6 is 0 Å². The van der Waals surface area contributed by atoms with Gasteiger partial charge in [-0.3, -0.25) is 14.6 Å². The van der Waals surface area contributed by atoms with E-state index < -0.39 is 0 Å². The average Bonchev–Trinajstić information content (AvgIpc) is 2.77. The van der Waals surface area contributed by atoms with Crippen LogP contribution in [0.5, 0.6) is 0 Å². The standard InChI is InChI=1S/C24H25N3O2/c1-27(18-20-11-6-3-7-12-20)24(29)22-15-21(16-25-17-22)23(28)26-14-8-13-19-9-4-2-5-10-19/h2-7,9-12,15-17H,8,13-14,18H2,1H3,(H,26,28). The Hall–Kier alpha value is -3.47. The second kappa shape index (κ2) is 10.2. The number of aryl methyl sites for hydroxylation is 1. The number of hydrogen-bond acceptors (Lipinski definition) is 3. The van der Waals surface area contributed by atoms with Gasteiger partial charge in [0, 0.05) is 32.5 Å². The highest BCUT2D eigenvalue weighted by Gasteiger charge is 2.15. The van der Waals surface area contributed by atoms with Crippen molar-refractivity contribution < 1.29 is 9.59 Å². The van der Waals surface area contributed by atoms with Crippen molar-refractivity contribution in [1.29, 1.82) is 0 Å². The molecule has 0 saturated carbocycles. The molecule has 3 aromatic rings. The Labute approximate surface area is 171 Å². The van der Waals surface area contributed by atoms with Gasteiger partial charge in [0.2, 0.25) is 0 Å². The molecule has 2 amide bonds. The van der Waals surface area contributed by atoms with Crippen molar-refractivity contribution in [1.82, 2.24) is 15.2 Å². The van der Waals surface area contributed by atoms with E-state index in [0.29, 0.717) is 24.2 Å². The van der Waals surface area contributed by atoms with Crippen molar-refractivity contribution in [3.8, 4) is 0 Å². The summed E-state index contributed by atoms with van der Waals surface area (Å²) >= 11 is 0. The molecule has 0 unspecified atom stereocenters. The Morgan fingerprint density at radius 3 is 2.21 bits per heavy atom. The quantitative estimate of drug-likeness (QED) is 0.599. The van der Waals surface area contributed by atoms with Gasteiger partial charge in [0.1, 0.15) is 0 Å². The van der Waals surface area contributed by atoms with Crippen LogP contribution < -0.4 is 5.32 Å². The number of nitrogens with zero attached hydrogens (tertiary/aromatic N) is 2. The Kier molecular flexibility index (Phi) is 7.11. The Balaban J connectivity index is 1.53. The topological polar surface area (TPSA) is 62.3 Å². The molecule has 0 aliphatic rings. The molecule has 0 aliphatic carbocycles. The first-order valence-corrected chi connectivity index (χ1v) is 9.70. The first kappa shape index (κ1) is 20.3. The van der Waals surface area contributed by atoms with Crippen LogP contribution in [0.4, 0.5) is 0 Å². The zero-order valence-electron chi connectivity index (χ0n) is 16.5. The molecule has 1 heterocycles. The second-order valence-electron chi connectivity index (χ2n) is 6.95. The van der Waals surface area contributed by atoms with Gasteiger partial charge in [-0.1, -0.05) is 60.7 Å². The van der Waals surface area contributed by atoms with Crippen LogP contribution in [-0.4, -0.2) is 35.3 Å². The molecule has 0 bridgehead atoms. The molecule has 1 aromatic heterocycles. The van der Waals surface area contributed by atoms with Gasteiger partial charge < -0.3 is 10.2 Å². The number of rotatable bonds is 8. The van der Waals surface area contributed by atoms with Crippen LogP contribution in [0, 0.1) is 0 Å². The molecule has 0 fully saturated rings. The summed E-state index contributed by atoms with van der Waals surface area (Å²) in [7, 11) is 1.74. The summed E-state index contributed by atoms with van der Waals surface area (Å²) in [5, 5.41) is 2.90. The van der Waals surface area contributed by atoms with Crippen molar-refractivity contribution in [2.24, 2.45) is 0 Å². The largest absolute Gasteiger partial charge is 0.352 e. The molecular weight excluding hydrogens is 362 g/mol. The van der Waals surface area contributed by atoms with Gasteiger partial charge in [-0.25, -0.2) is 0 Å². The lowest BCUT2D eigenvalue weighted by Gasteiger charge is -2.17. The number of carbonyl (C=O) groups is 2. The van der Waals surface area contributed by atoms with Gasteiger partial charge in [0.05, 0.1) is 11.1 Å². The summed E-state index contributed by atoms with van der Waals surface area (Å²) < 4.78 is 0. The molecule has 0 radical (unpaired) electrons. The van der Waals surface area contributed by atoms with Crippen molar-refractivity contribution >= 4 is 11.8 Å². The second-order valence-corrected chi connectivity index (χ2v) is 6.95. The highest BCUT2D eigenvalue weighted by molar-refractivity contribution is 5.99. The minimum atomic E-state index is -0.217. The van der Waals surface area contributed by atoms with Gasteiger partial charge in [-0.15, -0.1) is 0 Å². The van der Waals surface area contributed by atoms with Crippen molar-refractivity contribution in [3.05, 3.63) is 101 Å². The average molecular weight is 387 g/mol. The summed E-state index contributed by atoms with van der Waals surface area (Å²) in [6, 6.07) is 21.5. The Morgan fingerprint density at radius 1 is 0.897 bits per heavy atom. The predicted molar refractivity (Wildman–Crippen MR) is 114 cm³/mol. The molecule has 0 aliphatic heterocycles. The minimum Gasteiger partial charge on any atom is -0.352 e. The number of benzene rings is 2. The Bertz CT molecular complexity index is 943. The number of carbonyl (C=O) groups excluding carboxylic acids is 2. The lowest BCUT2D eigenvalue weighted by molar-refractivity contribution is 0.0784. The van der Waals surface area contributed by atoms with Gasteiger partial charge in [0.25, 0.3) is 11.8 Å². The molecule has 1 N–H and O–H groups in total. The third kappa shape index (κ3) is 6.01. The summed E-state index contributed by atoms with van der Waals surface area (Å²) in [4.78, 5) is 30.8. The molecule has 3 rings (SSSR count). The number of aromatic nitrogens is 1. The van der Waals surface area contributed by atoms with Crippen LogP contribution in [-0.2, 0) is 13.0 Å². The van der Waals surface area contributed by atoms with E-state index in [1.165, 1.54) is 18.0 Å². The van der Waals surface area contributed by atoms with E-state index in [4.69, 9.17) is 0 Å². The monoisotopic (exact) mass is 387 g/mol. The third-order valence-corrected chi connectivity index (χ3v) is 4.63. The SMILES string of the molecule is CN(Cc1ccccc1)C(=O)c1cncc(C(=O)NCCCc2ccccc2)c1. The molecule has 29 heavy (non-hydrogen) atoms.